The average Bonchev–Trinajstić information content (AvgIpc) is 3.92. The maximum absolute atomic E-state index is 6.93. The van der Waals surface area contributed by atoms with Crippen LogP contribution in [0.25, 0.3) is 53.6 Å². The first kappa shape index (κ1) is 32.7. The van der Waals surface area contributed by atoms with Gasteiger partial charge in [0.15, 0.2) is 23.0 Å². The molecule has 3 aliphatic rings. The highest BCUT2D eigenvalue weighted by Crippen LogP contribution is 2.64. The number of anilines is 3. The first-order chi connectivity index (χ1) is 29.2. The second kappa shape index (κ2) is 12.3. The molecule has 0 fully saturated rings. The Morgan fingerprint density at radius 2 is 0.881 bits per heavy atom. The molecule has 0 saturated heterocycles. The predicted octanol–water partition coefficient (Wildman–Crippen LogP) is 15.4. The maximum atomic E-state index is 6.93. The smallest absolute Gasteiger partial charge is 0.172 e. The number of rotatable bonds is 4. The van der Waals surface area contributed by atoms with Crippen LogP contribution in [0, 0.1) is 0 Å². The maximum Gasteiger partial charge on any atom is 0.172 e. The minimum Gasteiger partial charge on any atom is -0.449 e. The molecule has 0 saturated carbocycles. The van der Waals surface area contributed by atoms with E-state index < -0.39 is 5.41 Å². The van der Waals surface area contributed by atoms with Gasteiger partial charge in [-0.25, -0.2) is 0 Å². The van der Waals surface area contributed by atoms with Crippen molar-refractivity contribution in [3.05, 3.63) is 222 Å². The molecular formula is C55H33NO2S. The molecule has 9 aromatic carbocycles. The summed E-state index contributed by atoms with van der Waals surface area (Å²) in [6, 6.07) is 72.1. The van der Waals surface area contributed by atoms with Gasteiger partial charge in [0, 0.05) is 37.6 Å². The third-order valence-corrected chi connectivity index (χ3v) is 13.7. The highest BCUT2D eigenvalue weighted by molar-refractivity contribution is 7.25. The van der Waals surface area contributed by atoms with Gasteiger partial charge in [0.25, 0.3) is 0 Å². The molecule has 0 N–H and O–H groups in total. The summed E-state index contributed by atoms with van der Waals surface area (Å²) in [5.74, 6) is 2.81. The number of nitrogens with zero attached hydrogens (tertiary/aromatic N) is 1. The van der Waals surface area contributed by atoms with E-state index in [0.717, 1.165) is 22.8 Å². The topological polar surface area (TPSA) is 21.7 Å². The Balaban J connectivity index is 0.895. The van der Waals surface area contributed by atoms with Crippen molar-refractivity contribution >= 4 is 48.6 Å². The molecule has 276 valence electrons. The van der Waals surface area contributed by atoms with Gasteiger partial charge in [0.05, 0.1) is 11.1 Å². The van der Waals surface area contributed by atoms with Gasteiger partial charge < -0.3 is 14.4 Å². The van der Waals surface area contributed by atoms with Crippen molar-refractivity contribution in [1.29, 1.82) is 0 Å². The lowest BCUT2D eigenvalue weighted by Gasteiger charge is -2.31. The molecule has 0 radical (unpaired) electrons. The van der Waals surface area contributed by atoms with Crippen LogP contribution in [-0.2, 0) is 5.41 Å². The van der Waals surface area contributed by atoms with Gasteiger partial charge in [-0.1, -0.05) is 133 Å². The molecule has 2 aliphatic carbocycles. The largest absolute Gasteiger partial charge is 0.449 e. The van der Waals surface area contributed by atoms with Crippen LogP contribution in [0.15, 0.2) is 200 Å². The molecule has 1 spiro atoms. The van der Waals surface area contributed by atoms with E-state index in [-0.39, 0.29) is 0 Å². The monoisotopic (exact) mass is 771 g/mol. The van der Waals surface area contributed by atoms with Crippen molar-refractivity contribution in [3.8, 4) is 56.4 Å². The van der Waals surface area contributed by atoms with Crippen molar-refractivity contribution in [2.45, 2.75) is 5.41 Å². The molecule has 3 nitrogen and oxygen atoms in total. The lowest BCUT2D eigenvalue weighted by molar-refractivity contribution is 0.359. The van der Waals surface area contributed by atoms with Crippen molar-refractivity contribution in [2.75, 3.05) is 4.90 Å². The van der Waals surface area contributed by atoms with Gasteiger partial charge in [0.2, 0.25) is 0 Å². The van der Waals surface area contributed by atoms with Crippen LogP contribution in [0.1, 0.15) is 22.3 Å². The predicted molar refractivity (Wildman–Crippen MR) is 242 cm³/mol. The number of thiophene rings is 1. The Morgan fingerprint density at radius 1 is 0.339 bits per heavy atom. The molecule has 0 unspecified atom stereocenters. The summed E-state index contributed by atoms with van der Waals surface area (Å²) in [6.07, 6.45) is 0. The van der Waals surface area contributed by atoms with E-state index in [4.69, 9.17) is 9.47 Å². The quantitative estimate of drug-likeness (QED) is 0.178. The van der Waals surface area contributed by atoms with Gasteiger partial charge >= 0.3 is 0 Å². The summed E-state index contributed by atoms with van der Waals surface area (Å²) < 4.78 is 16.3. The zero-order valence-electron chi connectivity index (χ0n) is 31.7. The average molecular weight is 772 g/mol. The lowest BCUT2D eigenvalue weighted by Crippen LogP contribution is -2.25. The summed E-state index contributed by atoms with van der Waals surface area (Å²) in [7, 11) is 0. The van der Waals surface area contributed by atoms with Crippen LogP contribution < -0.4 is 14.4 Å². The number of hydrogen-bond acceptors (Lipinski definition) is 4. The van der Waals surface area contributed by atoms with Gasteiger partial charge in [-0.15, -0.1) is 11.3 Å². The van der Waals surface area contributed by atoms with E-state index in [1.807, 2.05) is 17.4 Å². The minimum absolute atomic E-state index is 0.459. The Labute approximate surface area is 345 Å². The SMILES string of the molecule is c1ccc(N(c2ccc(-c3ccc4c(c3)sc3ccccc34)cc2)c2ccc3c(c2)Oc2cc4c(cc2O3)-c2ccccc2C42c3ccccc3-c3ccccc32)cc1. The first-order valence-electron chi connectivity index (χ1n) is 20.1. The number of ether oxygens (including phenoxy) is 2. The summed E-state index contributed by atoms with van der Waals surface area (Å²) in [5, 5.41) is 2.63. The number of hydrogen-bond donors (Lipinski definition) is 0. The van der Waals surface area contributed by atoms with Gasteiger partial charge in [-0.3, -0.25) is 0 Å². The van der Waals surface area contributed by atoms with Crippen LogP contribution in [0.3, 0.4) is 0 Å². The zero-order valence-corrected chi connectivity index (χ0v) is 32.5. The van der Waals surface area contributed by atoms with Crippen LogP contribution in [0.2, 0.25) is 0 Å². The lowest BCUT2D eigenvalue weighted by atomic mass is 9.70. The molecule has 0 bridgehead atoms. The fraction of sp³-hybridized carbons (Fsp3) is 0.0182. The molecule has 1 aromatic heterocycles. The summed E-state index contributed by atoms with van der Waals surface area (Å²) in [5.41, 5.74) is 15.1. The number of para-hydroxylation sites is 1. The highest BCUT2D eigenvalue weighted by Gasteiger charge is 2.52. The molecule has 2 heterocycles. The molecule has 4 heteroatoms. The van der Waals surface area contributed by atoms with Crippen molar-refractivity contribution < 1.29 is 9.47 Å². The fourth-order valence-electron chi connectivity index (χ4n) is 10.0. The molecule has 59 heavy (non-hydrogen) atoms. The van der Waals surface area contributed by atoms with E-state index in [2.05, 4.69) is 199 Å². The Hall–Kier alpha value is -7.40. The van der Waals surface area contributed by atoms with Crippen LogP contribution in [0.5, 0.6) is 23.0 Å². The molecule has 0 amide bonds. The highest BCUT2D eigenvalue weighted by atomic mass is 32.1. The van der Waals surface area contributed by atoms with Crippen molar-refractivity contribution in [1.82, 2.24) is 0 Å². The van der Waals surface area contributed by atoms with Crippen LogP contribution in [-0.4, -0.2) is 0 Å². The van der Waals surface area contributed by atoms with Gasteiger partial charge in [-0.05, 0) is 116 Å². The summed E-state index contributed by atoms with van der Waals surface area (Å²) >= 11 is 1.85. The second-order valence-electron chi connectivity index (χ2n) is 15.6. The van der Waals surface area contributed by atoms with E-state index in [9.17, 15) is 0 Å². The molecule has 10 aromatic rings. The Morgan fingerprint density at radius 3 is 1.63 bits per heavy atom. The third kappa shape index (κ3) is 4.63. The van der Waals surface area contributed by atoms with Crippen LogP contribution in [0.4, 0.5) is 17.1 Å². The van der Waals surface area contributed by atoms with E-state index in [0.29, 0.717) is 17.2 Å². The summed E-state index contributed by atoms with van der Waals surface area (Å²) in [4.78, 5) is 2.28. The number of benzene rings is 9. The first-order valence-corrected chi connectivity index (χ1v) is 20.9. The summed E-state index contributed by atoms with van der Waals surface area (Å²) in [6.45, 7) is 0. The fourth-order valence-corrected chi connectivity index (χ4v) is 11.2. The second-order valence-corrected chi connectivity index (χ2v) is 16.7. The van der Waals surface area contributed by atoms with Gasteiger partial charge in [-0.2, -0.15) is 0 Å². The normalized spacial score (nSPS) is 13.5. The van der Waals surface area contributed by atoms with Crippen molar-refractivity contribution in [2.24, 2.45) is 0 Å². The van der Waals surface area contributed by atoms with E-state index in [1.54, 1.807) is 0 Å². The van der Waals surface area contributed by atoms with E-state index in [1.165, 1.54) is 75.8 Å². The Kier molecular flexibility index (Phi) is 6.81. The zero-order chi connectivity index (χ0) is 38.7. The van der Waals surface area contributed by atoms with Gasteiger partial charge in [0.1, 0.15) is 0 Å². The third-order valence-electron chi connectivity index (χ3n) is 12.5. The molecule has 0 atom stereocenters. The Bertz CT molecular complexity index is 3300. The van der Waals surface area contributed by atoms with E-state index >= 15 is 0 Å². The standard InChI is InChI=1S/C55H33NO2S/c1-2-12-36(13-3-1)56(37-25-22-34(23-26-37)35-24-28-43-42-17-7-11-21-53(42)59-54(43)30-35)38-27-29-49-50(31-38)58-52-33-48-44(32-51(52)57-49)41-16-6-10-20-47(41)55(48)45-18-8-4-14-39(45)40-15-5-9-19-46(40)55/h1-33H. The molecule has 1 aliphatic heterocycles. The molecule has 13 rings (SSSR count). The minimum atomic E-state index is -0.459. The number of fused-ring (bicyclic) bond motifs is 15. The molecular weight excluding hydrogens is 739 g/mol. The van der Waals surface area contributed by atoms with Crippen LogP contribution >= 0.6 is 11.3 Å². The van der Waals surface area contributed by atoms with Crippen molar-refractivity contribution in [3.63, 3.8) is 0 Å².